The summed E-state index contributed by atoms with van der Waals surface area (Å²) >= 11 is 5.13. The first-order valence-electron chi connectivity index (χ1n) is 6.56. The third-order valence-electron chi connectivity index (χ3n) is 3.07. The minimum atomic E-state index is 0.227. The van der Waals surface area contributed by atoms with E-state index in [1.807, 2.05) is 25.1 Å². The van der Waals surface area contributed by atoms with Crippen LogP contribution in [0, 0.1) is 6.92 Å². The number of halogens is 1. The lowest BCUT2D eigenvalue weighted by atomic mass is 10.2. The van der Waals surface area contributed by atoms with Crippen LogP contribution in [0.3, 0.4) is 0 Å². The molecule has 0 atom stereocenters. The number of benzene rings is 1. The zero-order chi connectivity index (χ0) is 15.0. The third-order valence-corrected chi connectivity index (χ3v) is 4.86. The van der Waals surface area contributed by atoms with Gasteiger partial charge in [-0.25, -0.2) is 4.98 Å². The van der Waals surface area contributed by atoms with Crippen LogP contribution in [0.1, 0.15) is 17.4 Å². The fourth-order valence-corrected chi connectivity index (χ4v) is 3.54. The van der Waals surface area contributed by atoms with Crippen LogP contribution in [0.25, 0.3) is 10.2 Å². The van der Waals surface area contributed by atoms with Crippen molar-refractivity contribution in [2.45, 2.75) is 20.3 Å². The van der Waals surface area contributed by atoms with Gasteiger partial charge in [0.1, 0.15) is 10.6 Å². The predicted molar refractivity (Wildman–Crippen MR) is 90.2 cm³/mol. The number of thiophene rings is 1. The fourth-order valence-electron chi connectivity index (χ4n) is 2.01. The second-order valence-electron chi connectivity index (χ2n) is 4.71. The van der Waals surface area contributed by atoms with Crippen LogP contribution < -0.4 is 10.5 Å². The van der Waals surface area contributed by atoms with Crippen molar-refractivity contribution in [2.75, 3.05) is 5.73 Å². The topological polar surface area (TPSA) is 61.0 Å². The quantitative estimate of drug-likeness (QED) is 0.732. The minimum absolute atomic E-state index is 0.227. The van der Waals surface area contributed by atoms with Gasteiger partial charge in [0, 0.05) is 4.88 Å². The summed E-state index contributed by atoms with van der Waals surface area (Å²) in [5.41, 5.74) is 6.94. The van der Waals surface area contributed by atoms with Gasteiger partial charge < -0.3 is 10.5 Å². The van der Waals surface area contributed by atoms with Crippen molar-refractivity contribution in [3.63, 3.8) is 0 Å². The van der Waals surface area contributed by atoms with Crippen LogP contribution in [0.4, 0.5) is 5.95 Å². The molecule has 3 rings (SSSR count). The number of aromatic nitrogens is 2. The maximum Gasteiger partial charge on any atom is 0.232 e. The number of hydrogen-bond donors (Lipinski definition) is 1. The first-order chi connectivity index (χ1) is 10.1. The van der Waals surface area contributed by atoms with Crippen molar-refractivity contribution < 1.29 is 4.74 Å². The molecule has 0 fully saturated rings. The number of aryl methyl sites for hydroxylation is 2. The molecule has 0 aliphatic carbocycles. The molecule has 0 aliphatic rings. The number of fused-ring (bicyclic) bond motifs is 1. The molecule has 2 N–H and O–H groups in total. The molecule has 0 aliphatic heterocycles. The number of rotatable bonds is 3. The van der Waals surface area contributed by atoms with Crippen LogP contribution in [0.2, 0.25) is 0 Å². The zero-order valence-electron chi connectivity index (χ0n) is 11.7. The predicted octanol–water partition coefficient (Wildman–Crippen LogP) is 4.70. The molecule has 0 radical (unpaired) electrons. The molecule has 0 amide bonds. The van der Waals surface area contributed by atoms with Crippen LogP contribution in [-0.2, 0) is 6.42 Å². The van der Waals surface area contributed by atoms with Gasteiger partial charge in [-0.15, -0.1) is 11.3 Å². The van der Waals surface area contributed by atoms with Gasteiger partial charge in [-0.05, 0) is 53.0 Å². The fraction of sp³-hybridized carbons (Fsp3) is 0.200. The van der Waals surface area contributed by atoms with Gasteiger partial charge in [0.15, 0.2) is 0 Å². The van der Waals surface area contributed by atoms with E-state index in [-0.39, 0.29) is 5.95 Å². The summed E-state index contributed by atoms with van der Waals surface area (Å²) in [6.45, 7) is 4.14. The van der Waals surface area contributed by atoms with Crippen molar-refractivity contribution in [2.24, 2.45) is 0 Å². The Morgan fingerprint density at radius 1 is 1.29 bits per heavy atom. The molecule has 0 saturated carbocycles. The van der Waals surface area contributed by atoms with Gasteiger partial charge in [-0.3, -0.25) is 0 Å². The van der Waals surface area contributed by atoms with Crippen LogP contribution >= 0.6 is 27.3 Å². The van der Waals surface area contributed by atoms with Crippen LogP contribution in [0.5, 0.6) is 11.6 Å². The van der Waals surface area contributed by atoms with E-state index in [0.29, 0.717) is 11.6 Å². The Morgan fingerprint density at radius 3 is 2.81 bits per heavy atom. The van der Waals surface area contributed by atoms with E-state index in [1.54, 1.807) is 11.3 Å². The number of nitrogen functional groups attached to an aromatic ring is 1. The SMILES string of the molecule is CCc1cc2c(Oc3ccc(C)cc3Br)nc(N)nc2s1. The molecule has 108 valence electrons. The molecule has 4 nitrogen and oxygen atoms in total. The van der Waals surface area contributed by atoms with Gasteiger partial charge in [0.2, 0.25) is 11.8 Å². The van der Waals surface area contributed by atoms with Crippen molar-refractivity contribution in [1.29, 1.82) is 0 Å². The highest BCUT2D eigenvalue weighted by Gasteiger charge is 2.13. The van der Waals surface area contributed by atoms with Crippen LogP contribution in [-0.4, -0.2) is 9.97 Å². The molecule has 0 bridgehead atoms. The summed E-state index contributed by atoms with van der Waals surface area (Å²) < 4.78 is 6.83. The van der Waals surface area contributed by atoms with Gasteiger partial charge in [-0.2, -0.15) is 4.98 Å². The Balaban J connectivity index is 2.08. The van der Waals surface area contributed by atoms with Crippen LogP contribution in [0.15, 0.2) is 28.7 Å². The lowest BCUT2D eigenvalue weighted by Gasteiger charge is -2.08. The molecule has 2 aromatic heterocycles. The molecular weight excluding hydrogens is 350 g/mol. The Morgan fingerprint density at radius 2 is 2.10 bits per heavy atom. The Kier molecular flexibility index (Phi) is 3.82. The summed E-state index contributed by atoms with van der Waals surface area (Å²) in [6, 6.07) is 7.97. The molecule has 0 spiro atoms. The lowest BCUT2D eigenvalue weighted by molar-refractivity contribution is 0.466. The van der Waals surface area contributed by atoms with Gasteiger partial charge in [0.05, 0.1) is 9.86 Å². The Hall–Kier alpha value is -1.66. The highest BCUT2D eigenvalue weighted by molar-refractivity contribution is 9.10. The Labute approximate surface area is 135 Å². The lowest BCUT2D eigenvalue weighted by Crippen LogP contribution is -1.97. The van der Waals surface area contributed by atoms with Crippen molar-refractivity contribution in [1.82, 2.24) is 9.97 Å². The maximum absolute atomic E-state index is 5.94. The van der Waals surface area contributed by atoms with E-state index in [0.717, 1.165) is 26.7 Å². The number of anilines is 1. The van der Waals surface area contributed by atoms with E-state index in [2.05, 4.69) is 38.9 Å². The number of ether oxygens (including phenoxy) is 1. The van der Waals surface area contributed by atoms with Crippen molar-refractivity contribution in [3.8, 4) is 11.6 Å². The monoisotopic (exact) mass is 363 g/mol. The largest absolute Gasteiger partial charge is 0.437 e. The first kappa shape index (κ1) is 14.3. The second kappa shape index (κ2) is 5.61. The van der Waals surface area contributed by atoms with E-state index in [4.69, 9.17) is 10.5 Å². The molecule has 2 heterocycles. The average Bonchev–Trinajstić information content (AvgIpc) is 2.85. The molecule has 21 heavy (non-hydrogen) atoms. The van der Waals surface area contributed by atoms with Crippen molar-refractivity contribution in [3.05, 3.63) is 39.2 Å². The molecule has 3 aromatic rings. The zero-order valence-corrected chi connectivity index (χ0v) is 14.1. The summed E-state index contributed by atoms with van der Waals surface area (Å²) in [7, 11) is 0. The van der Waals surface area contributed by atoms with E-state index >= 15 is 0 Å². The smallest absolute Gasteiger partial charge is 0.232 e. The molecule has 1 aromatic carbocycles. The minimum Gasteiger partial charge on any atom is -0.437 e. The number of hydrogen-bond acceptors (Lipinski definition) is 5. The summed E-state index contributed by atoms with van der Waals surface area (Å²) in [5.74, 6) is 1.44. The molecule has 0 unspecified atom stereocenters. The van der Waals surface area contributed by atoms with Gasteiger partial charge in [-0.1, -0.05) is 13.0 Å². The molecule has 0 saturated heterocycles. The molecular formula is C15H14BrN3OS. The normalized spacial score (nSPS) is 11.0. The Bertz CT molecular complexity index is 816. The van der Waals surface area contributed by atoms with E-state index < -0.39 is 0 Å². The highest BCUT2D eigenvalue weighted by atomic mass is 79.9. The number of nitrogens with zero attached hydrogens (tertiary/aromatic N) is 2. The van der Waals surface area contributed by atoms with E-state index in [9.17, 15) is 0 Å². The average molecular weight is 364 g/mol. The summed E-state index contributed by atoms with van der Waals surface area (Å²) in [4.78, 5) is 10.6. The second-order valence-corrected chi connectivity index (χ2v) is 6.68. The number of nitrogens with two attached hydrogens (primary N) is 1. The van der Waals surface area contributed by atoms with Gasteiger partial charge in [0.25, 0.3) is 0 Å². The standard InChI is InChI=1S/C15H14BrN3OS/c1-3-9-7-10-13(18-15(17)19-14(10)21-9)20-12-5-4-8(2)6-11(12)16/h4-7H,3H2,1-2H3,(H2,17,18,19). The third kappa shape index (κ3) is 2.87. The molecule has 6 heteroatoms. The van der Waals surface area contributed by atoms with E-state index in [1.165, 1.54) is 4.88 Å². The highest BCUT2D eigenvalue weighted by Crippen LogP contribution is 2.36. The van der Waals surface area contributed by atoms with Crippen molar-refractivity contribution >= 4 is 43.4 Å². The first-order valence-corrected chi connectivity index (χ1v) is 8.17. The van der Waals surface area contributed by atoms with Gasteiger partial charge >= 0.3 is 0 Å². The summed E-state index contributed by atoms with van der Waals surface area (Å²) in [5, 5.41) is 0.901. The maximum atomic E-state index is 5.94. The summed E-state index contributed by atoms with van der Waals surface area (Å²) in [6.07, 6.45) is 0.953.